The highest BCUT2D eigenvalue weighted by Crippen LogP contribution is 2.14. The van der Waals surface area contributed by atoms with Crippen molar-refractivity contribution in [3.63, 3.8) is 0 Å². The van der Waals surface area contributed by atoms with Gasteiger partial charge in [0.05, 0.1) is 0 Å². The van der Waals surface area contributed by atoms with Crippen molar-refractivity contribution in [2.45, 2.75) is 26.8 Å². The summed E-state index contributed by atoms with van der Waals surface area (Å²) in [5, 5.41) is 2.81. The van der Waals surface area contributed by atoms with Gasteiger partial charge in [0, 0.05) is 18.4 Å². The van der Waals surface area contributed by atoms with Gasteiger partial charge < -0.3 is 10.2 Å². The Kier molecular flexibility index (Phi) is 1.89. The highest BCUT2D eigenvalue weighted by Gasteiger charge is 2.24. The van der Waals surface area contributed by atoms with E-state index in [1.54, 1.807) is 0 Å². The lowest BCUT2D eigenvalue weighted by Gasteiger charge is -2.32. The van der Waals surface area contributed by atoms with E-state index in [0.717, 1.165) is 11.4 Å². The van der Waals surface area contributed by atoms with E-state index in [4.69, 9.17) is 0 Å². The molecule has 1 rings (SSSR count). The zero-order valence-corrected chi connectivity index (χ0v) is 7.43. The van der Waals surface area contributed by atoms with Gasteiger partial charge in [0.15, 0.2) is 0 Å². The summed E-state index contributed by atoms with van der Waals surface area (Å²) >= 11 is 0. The highest BCUT2D eigenvalue weighted by molar-refractivity contribution is 5.84. The van der Waals surface area contributed by atoms with Gasteiger partial charge in [-0.2, -0.15) is 0 Å². The Morgan fingerprint density at radius 2 is 2.00 bits per heavy atom. The van der Waals surface area contributed by atoms with Crippen LogP contribution in [0.2, 0.25) is 0 Å². The molecular formula is C8H14N2O. The van der Waals surface area contributed by atoms with Crippen LogP contribution in [-0.4, -0.2) is 23.9 Å². The predicted octanol–water partition coefficient (Wildman–Crippen LogP) is 0.688. The third-order valence-corrected chi connectivity index (χ3v) is 2.34. The summed E-state index contributed by atoms with van der Waals surface area (Å²) in [5.74, 6) is 0.0793. The van der Waals surface area contributed by atoms with Gasteiger partial charge >= 0.3 is 0 Å². The zero-order valence-electron chi connectivity index (χ0n) is 7.43. The number of hydrogen-bond acceptors (Lipinski definition) is 2. The minimum atomic E-state index is -0.0429. The molecule has 0 aromatic heterocycles. The Hall–Kier alpha value is -0.990. The molecule has 3 heteroatoms. The Balaban J connectivity index is 2.95. The topological polar surface area (TPSA) is 32.3 Å². The number of rotatable bonds is 0. The molecule has 1 unspecified atom stereocenters. The van der Waals surface area contributed by atoms with Gasteiger partial charge in [0.2, 0.25) is 5.91 Å². The molecule has 0 saturated heterocycles. The van der Waals surface area contributed by atoms with Crippen LogP contribution < -0.4 is 5.32 Å². The molecule has 1 heterocycles. The van der Waals surface area contributed by atoms with Gasteiger partial charge in [-0.25, -0.2) is 0 Å². The van der Waals surface area contributed by atoms with Crippen molar-refractivity contribution < 1.29 is 4.79 Å². The Bertz CT molecular complexity index is 220. The average Bonchev–Trinajstić information content (AvgIpc) is 1.97. The maximum absolute atomic E-state index is 11.2. The summed E-state index contributed by atoms with van der Waals surface area (Å²) in [4.78, 5) is 13.2. The molecule has 0 saturated carbocycles. The molecule has 3 nitrogen and oxygen atoms in total. The molecule has 0 radical (unpaired) electrons. The van der Waals surface area contributed by atoms with E-state index in [1.165, 1.54) is 0 Å². The van der Waals surface area contributed by atoms with E-state index in [9.17, 15) is 4.79 Å². The smallest absolute Gasteiger partial charge is 0.246 e. The number of amides is 1. The molecule has 62 valence electrons. The first-order valence-corrected chi connectivity index (χ1v) is 3.75. The van der Waals surface area contributed by atoms with E-state index in [-0.39, 0.29) is 11.9 Å². The van der Waals surface area contributed by atoms with Crippen molar-refractivity contribution in [2.24, 2.45) is 0 Å². The van der Waals surface area contributed by atoms with E-state index in [2.05, 4.69) is 5.32 Å². The second-order valence-corrected chi connectivity index (χ2v) is 2.99. The fourth-order valence-electron chi connectivity index (χ4n) is 1.11. The van der Waals surface area contributed by atoms with E-state index in [1.807, 2.05) is 32.7 Å². The van der Waals surface area contributed by atoms with E-state index < -0.39 is 0 Å². The number of allylic oxidation sites excluding steroid dienone is 2. The third kappa shape index (κ3) is 1.23. The molecule has 0 bridgehead atoms. The number of nitrogens with zero attached hydrogens (tertiary/aromatic N) is 1. The maximum Gasteiger partial charge on any atom is 0.246 e. The first-order valence-electron chi connectivity index (χ1n) is 3.75. The molecule has 1 aliphatic heterocycles. The van der Waals surface area contributed by atoms with Gasteiger partial charge in [-0.05, 0) is 20.8 Å². The molecule has 1 N–H and O–H groups in total. The monoisotopic (exact) mass is 154 g/mol. The molecule has 0 spiro atoms. The van der Waals surface area contributed by atoms with Crippen LogP contribution in [0.4, 0.5) is 0 Å². The Morgan fingerprint density at radius 1 is 1.45 bits per heavy atom. The molecule has 1 aliphatic rings. The van der Waals surface area contributed by atoms with Crippen molar-refractivity contribution in [2.75, 3.05) is 7.05 Å². The number of nitrogens with one attached hydrogen (secondary N) is 1. The van der Waals surface area contributed by atoms with Crippen LogP contribution in [0.1, 0.15) is 20.8 Å². The summed E-state index contributed by atoms with van der Waals surface area (Å²) in [6, 6.07) is -0.0429. The number of carbonyl (C=O) groups excluding carboxylic acids is 1. The van der Waals surface area contributed by atoms with Gasteiger partial charge in [-0.3, -0.25) is 4.79 Å². The predicted molar refractivity (Wildman–Crippen MR) is 43.7 cm³/mol. The Labute approximate surface area is 67.1 Å². The standard InChI is InChI=1S/C8H14N2O/c1-5-6(2)10(4)7(3)8(11)9-5/h7H,1-4H3,(H,9,11). The van der Waals surface area contributed by atoms with Crippen LogP contribution in [0.5, 0.6) is 0 Å². The average molecular weight is 154 g/mol. The second kappa shape index (κ2) is 2.57. The second-order valence-electron chi connectivity index (χ2n) is 2.99. The van der Waals surface area contributed by atoms with Crippen molar-refractivity contribution in [1.29, 1.82) is 0 Å². The molecule has 0 aromatic rings. The number of hydrogen-bond donors (Lipinski definition) is 1. The largest absolute Gasteiger partial charge is 0.365 e. The van der Waals surface area contributed by atoms with Crippen molar-refractivity contribution in [1.82, 2.24) is 10.2 Å². The summed E-state index contributed by atoms with van der Waals surface area (Å²) in [6.45, 7) is 5.81. The van der Waals surface area contributed by atoms with Gasteiger partial charge in [0.1, 0.15) is 6.04 Å². The van der Waals surface area contributed by atoms with Crippen LogP contribution >= 0.6 is 0 Å². The summed E-state index contributed by atoms with van der Waals surface area (Å²) in [5.41, 5.74) is 2.09. The van der Waals surface area contributed by atoms with Crippen LogP contribution in [-0.2, 0) is 4.79 Å². The molecular weight excluding hydrogens is 140 g/mol. The molecule has 0 aliphatic carbocycles. The molecule has 11 heavy (non-hydrogen) atoms. The van der Waals surface area contributed by atoms with Crippen LogP contribution in [0.15, 0.2) is 11.4 Å². The van der Waals surface area contributed by atoms with Crippen LogP contribution in [0.25, 0.3) is 0 Å². The zero-order chi connectivity index (χ0) is 8.59. The fraction of sp³-hybridized carbons (Fsp3) is 0.625. The molecule has 1 amide bonds. The minimum Gasteiger partial charge on any atom is -0.365 e. The summed E-state index contributed by atoms with van der Waals surface area (Å²) in [6.07, 6.45) is 0. The van der Waals surface area contributed by atoms with E-state index >= 15 is 0 Å². The van der Waals surface area contributed by atoms with Crippen molar-refractivity contribution >= 4 is 5.91 Å². The van der Waals surface area contributed by atoms with E-state index in [0.29, 0.717) is 0 Å². The number of likely N-dealkylation sites (N-methyl/N-ethyl adjacent to an activating group) is 1. The normalized spacial score (nSPS) is 25.6. The third-order valence-electron chi connectivity index (χ3n) is 2.34. The lowest BCUT2D eigenvalue weighted by molar-refractivity contribution is -0.125. The van der Waals surface area contributed by atoms with Crippen LogP contribution in [0, 0.1) is 0 Å². The maximum atomic E-state index is 11.2. The van der Waals surface area contributed by atoms with Gasteiger partial charge in [0.25, 0.3) is 0 Å². The molecule has 0 fully saturated rings. The highest BCUT2D eigenvalue weighted by atomic mass is 16.2. The number of carbonyl (C=O) groups is 1. The summed E-state index contributed by atoms with van der Waals surface area (Å²) < 4.78 is 0. The van der Waals surface area contributed by atoms with Crippen molar-refractivity contribution in [3.05, 3.63) is 11.4 Å². The van der Waals surface area contributed by atoms with Gasteiger partial charge in [-0.15, -0.1) is 0 Å². The Morgan fingerprint density at radius 3 is 2.55 bits per heavy atom. The lowest BCUT2D eigenvalue weighted by Crippen LogP contribution is -2.47. The van der Waals surface area contributed by atoms with Crippen LogP contribution in [0.3, 0.4) is 0 Å². The molecule has 1 atom stereocenters. The van der Waals surface area contributed by atoms with Crippen molar-refractivity contribution in [3.8, 4) is 0 Å². The lowest BCUT2D eigenvalue weighted by atomic mass is 10.2. The quantitative estimate of drug-likeness (QED) is 0.556. The molecule has 0 aromatic carbocycles. The van der Waals surface area contributed by atoms with Gasteiger partial charge in [-0.1, -0.05) is 0 Å². The first kappa shape index (κ1) is 8.11. The summed E-state index contributed by atoms with van der Waals surface area (Å²) in [7, 11) is 1.93. The minimum absolute atomic E-state index is 0.0429. The first-order chi connectivity index (χ1) is 5.04. The fourth-order valence-corrected chi connectivity index (χ4v) is 1.11. The SMILES string of the molecule is CC1=C(C)N(C)C(C)C(=O)N1.